The van der Waals surface area contributed by atoms with Crippen LogP contribution in [0.2, 0.25) is 0 Å². The number of hydrogen-bond acceptors (Lipinski definition) is 6. The number of amides is 1. The zero-order chi connectivity index (χ0) is 13.2. The first-order chi connectivity index (χ1) is 9.24. The number of fused-ring (bicyclic) bond motifs is 1. The smallest absolute Gasteiger partial charge is 0.307 e. The molecule has 3 aromatic rings. The fraction of sp³-hybridized carbons (Fsp3) is 0. The van der Waals surface area contributed by atoms with Crippen molar-refractivity contribution >= 4 is 28.8 Å². The molecular weight excluding hydrogens is 250 g/mol. The monoisotopic (exact) mass is 260 g/mol. The van der Waals surface area contributed by atoms with Crippen LogP contribution in [-0.4, -0.2) is 20.9 Å². The van der Waals surface area contributed by atoms with Crippen LogP contribution in [0.25, 0.3) is 11.2 Å². The van der Waals surface area contributed by atoms with E-state index < -0.39 is 5.91 Å². The lowest BCUT2D eigenvalue weighted by Crippen LogP contribution is -2.29. The van der Waals surface area contributed by atoms with E-state index in [1.807, 2.05) is 0 Å². The Bertz CT molecular complexity index is 719. The molecule has 19 heavy (non-hydrogen) atoms. The molecule has 9 heteroatoms. The summed E-state index contributed by atoms with van der Waals surface area (Å²) in [5.41, 5.74) is 11.8. The minimum Gasteiger partial charge on any atom is -0.459 e. The molecule has 1 amide bonds. The van der Waals surface area contributed by atoms with Gasteiger partial charge in [0.1, 0.15) is 0 Å². The van der Waals surface area contributed by atoms with E-state index in [1.165, 1.54) is 6.26 Å². The highest BCUT2D eigenvalue weighted by molar-refractivity contribution is 5.93. The number of nitrogens with zero attached hydrogens (tertiary/aromatic N) is 2. The summed E-state index contributed by atoms with van der Waals surface area (Å²) in [6.45, 7) is 0. The van der Waals surface area contributed by atoms with Crippen molar-refractivity contribution in [3.8, 4) is 0 Å². The average molecular weight is 260 g/mol. The van der Waals surface area contributed by atoms with Gasteiger partial charge in [-0.05, 0) is 12.1 Å². The minimum atomic E-state index is -0.425. The molecule has 9 nitrogen and oxygen atoms in total. The lowest BCUT2D eigenvalue weighted by Gasteiger charge is -2.05. The van der Waals surface area contributed by atoms with Crippen LogP contribution in [0.15, 0.2) is 29.1 Å². The highest BCUT2D eigenvalue weighted by atomic mass is 16.3. The molecule has 0 fully saturated rings. The number of nitrogens with two attached hydrogens (primary N) is 1. The number of anilines is 2. The van der Waals surface area contributed by atoms with Crippen LogP contribution in [0.5, 0.6) is 0 Å². The van der Waals surface area contributed by atoms with Crippen LogP contribution >= 0.6 is 0 Å². The standard InChI is InChI=1S/C10H9N7O2/c11-10-14-7-6(12-4-13-7)8(15-10)16-17-9(18)5-2-1-3-19-5/h1-4H,(H,17,18)(H4,11,12,13,14,15,16)/p+1. The first-order valence-electron chi connectivity index (χ1n) is 5.36. The van der Waals surface area contributed by atoms with Crippen molar-refractivity contribution in [2.75, 3.05) is 11.2 Å². The predicted octanol–water partition coefficient (Wildman–Crippen LogP) is -0.296. The maximum absolute atomic E-state index is 11.7. The summed E-state index contributed by atoms with van der Waals surface area (Å²) in [5.74, 6) is 0.191. The quantitative estimate of drug-likeness (QED) is 0.477. The van der Waals surface area contributed by atoms with E-state index in [-0.39, 0.29) is 11.7 Å². The Morgan fingerprint density at radius 3 is 3.16 bits per heavy atom. The van der Waals surface area contributed by atoms with Gasteiger partial charge in [0.25, 0.3) is 5.95 Å². The molecular formula is C10H10N7O2+. The Labute approximate surface area is 106 Å². The van der Waals surface area contributed by atoms with Crippen LogP contribution in [0.3, 0.4) is 0 Å². The second kappa shape index (κ2) is 4.29. The fourth-order valence-corrected chi connectivity index (χ4v) is 1.57. The number of hydrogen-bond donors (Lipinski definition) is 4. The summed E-state index contributed by atoms with van der Waals surface area (Å²) in [6, 6.07) is 3.17. The molecule has 0 unspecified atom stereocenters. The number of aromatic amines is 2. The van der Waals surface area contributed by atoms with Crippen LogP contribution in [0.1, 0.15) is 10.6 Å². The van der Waals surface area contributed by atoms with E-state index in [2.05, 4.69) is 30.8 Å². The summed E-state index contributed by atoms with van der Waals surface area (Å²) in [6.07, 6.45) is 2.99. The van der Waals surface area contributed by atoms with Gasteiger partial charge in [-0.3, -0.25) is 20.6 Å². The van der Waals surface area contributed by atoms with E-state index in [0.29, 0.717) is 17.0 Å². The van der Waals surface area contributed by atoms with Gasteiger partial charge < -0.3 is 10.2 Å². The summed E-state index contributed by atoms with van der Waals surface area (Å²) < 4.78 is 4.96. The first-order valence-corrected chi connectivity index (χ1v) is 5.36. The largest absolute Gasteiger partial charge is 0.459 e. The van der Waals surface area contributed by atoms with Crippen molar-refractivity contribution in [1.82, 2.24) is 20.4 Å². The van der Waals surface area contributed by atoms with E-state index in [9.17, 15) is 4.79 Å². The molecule has 0 radical (unpaired) electrons. The van der Waals surface area contributed by atoms with E-state index in [0.717, 1.165) is 0 Å². The highest BCUT2D eigenvalue weighted by Crippen LogP contribution is 2.14. The Balaban J connectivity index is 1.82. The van der Waals surface area contributed by atoms with Gasteiger partial charge in [0, 0.05) is 0 Å². The second-order valence-corrected chi connectivity index (χ2v) is 3.64. The maximum atomic E-state index is 11.7. The van der Waals surface area contributed by atoms with Gasteiger partial charge in [-0.15, -0.1) is 0 Å². The third-order valence-electron chi connectivity index (χ3n) is 2.39. The van der Waals surface area contributed by atoms with Gasteiger partial charge in [-0.1, -0.05) is 4.98 Å². The Hall–Kier alpha value is -3.10. The van der Waals surface area contributed by atoms with Crippen molar-refractivity contribution in [2.24, 2.45) is 0 Å². The summed E-state index contributed by atoms with van der Waals surface area (Å²) in [4.78, 5) is 25.4. The summed E-state index contributed by atoms with van der Waals surface area (Å²) in [5, 5.41) is 0. The number of aromatic nitrogens is 4. The van der Waals surface area contributed by atoms with Gasteiger partial charge in [-0.2, -0.15) is 4.98 Å². The number of furan rings is 1. The molecule has 3 heterocycles. The fourth-order valence-electron chi connectivity index (χ4n) is 1.57. The van der Waals surface area contributed by atoms with Gasteiger partial charge in [0.15, 0.2) is 17.9 Å². The van der Waals surface area contributed by atoms with Crippen molar-refractivity contribution in [3.05, 3.63) is 30.5 Å². The van der Waals surface area contributed by atoms with Crippen LogP contribution in [-0.2, 0) is 0 Å². The van der Waals surface area contributed by atoms with E-state index in [1.54, 1.807) is 18.5 Å². The molecule has 0 aromatic carbocycles. The number of carbonyl (C=O) groups excluding carboxylic acids is 1. The van der Waals surface area contributed by atoms with Crippen molar-refractivity contribution in [1.29, 1.82) is 0 Å². The number of nitrogens with one attached hydrogen (secondary N) is 4. The van der Waals surface area contributed by atoms with Crippen LogP contribution < -0.4 is 21.6 Å². The molecule has 0 aliphatic rings. The lowest BCUT2D eigenvalue weighted by atomic mass is 10.4. The molecule has 0 bridgehead atoms. The first kappa shape index (κ1) is 11.0. The van der Waals surface area contributed by atoms with Crippen molar-refractivity contribution < 1.29 is 14.2 Å². The average Bonchev–Trinajstić information content (AvgIpc) is 3.05. The molecule has 0 spiro atoms. The predicted molar refractivity (Wildman–Crippen MR) is 64.7 cm³/mol. The van der Waals surface area contributed by atoms with Crippen molar-refractivity contribution in [2.45, 2.75) is 0 Å². The normalized spacial score (nSPS) is 10.5. The number of H-pyrrole nitrogens is 2. The maximum Gasteiger partial charge on any atom is 0.307 e. The van der Waals surface area contributed by atoms with Crippen LogP contribution in [0.4, 0.5) is 11.8 Å². The molecule has 3 aromatic heterocycles. The van der Waals surface area contributed by atoms with E-state index in [4.69, 9.17) is 10.2 Å². The van der Waals surface area contributed by atoms with Gasteiger partial charge in [0.05, 0.1) is 6.26 Å². The van der Waals surface area contributed by atoms with Gasteiger partial charge in [0.2, 0.25) is 5.52 Å². The van der Waals surface area contributed by atoms with Crippen LogP contribution in [0, 0.1) is 0 Å². The number of carbonyl (C=O) groups is 1. The molecule has 0 aliphatic carbocycles. The second-order valence-electron chi connectivity index (χ2n) is 3.64. The topological polar surface area (TPSA) is 136 Å². The zero-order valence-corrected chi connectivity index (χ0v) is 9.60. The number of hydrazine groups is 1. The molecule has 3 rings (SSSR count). The lowest BCUT2D eigenvalue weighted by molar-refractivity contribution is -0.347. The number of nitrogen functional groups attached to an aromatic ring is 1. The molecule has 0 saturated carbocycles. The summed E-state index contributed by atoms with van der Waals surface area (Å²) >= 11 is 0. The molecule has 0 saturated heterocycles. The van der Waals surface area contributed by atoms with Gasteiger partial charge in [-0.25, -0.2) is 4.98 Å². The number of rotatable bonds is 3. The molecule has 0 aliphatic heterocycles. The summed E-state index contributed by atoms with van der Waals surface area (Å²) in [7, 11) is 0. The van der Waals surface area contributed by atoms with Crippen molar-refractivity contribution in [3.63, 3.8) is 0 Å². The third-order valence-corrected chi connectivity index (χ3v) is 2.39. The molecule has 96 valence electrons. The van der Waals surface area contributed by atoms with E-state index >= 15 is 0 Å². The number of imidazole rings is 1. The Kier molecular flexibility index (Phi) is 2.49. The Morgan fingerprint density at radius 1 is 1.47 bits per heavy atom. The molecule has 6 N–H and O–H groups in total. The Morgan fingerprint density at radius 2 is 2.37 bits per heavy atom. The highest BCUT2D eigenvalue weighted by Gasteiger charge is 2.15. The zero-order valence-electron chi connectivity index (χ0n) is 9.60. The molecule has 0 atom stereocenters. The van der Waals surface area contributed by atoms with Gasteiger partial charge >= 0.3 is 11.6 Å². The third kappa shape index (κ3) is 2.04. The minimum absolute atomic E-state index is 0.0816. The SMILES string of the molecule is Nc1nc(NNC(=O)c2ccco2)c2[nH]c[nH+]c2n1.